The highest BCUT2D eigenvalue weighted by Gasteiger charge is 2.27. The minimum atomic E-state index is -0.277. The van der Waals surface area contributed by atoms with Crippen molar-refractivity contribution in [3.63, 3.8) is 0 Å². The van der Waals surface area contributed by atoms with Crippen molar-refractivity contribution in [1.29, 1.82) is 0 Å². The Morgan fingerprint density at radius 1 is 1.22 bits per heavy atom. The zero-order valence-corrected chi connectivity index (χ0v) is 15.2. The standard InChI is InChI=1S/C21H20FN3O2/c1-14-13-27-20-7-6-16(15-4-3-5-19(22)9-15)8-17(20)12-25(14)21(26)18-10-23-24(2)11-18/h3-11,14H,12-13H2,1-2H3/t14-/m0/s1. The van der Waals surface area contributed by atoms with Crippen LogP contribution in [-0.4, -0.2) is 33.2 Å². The Labute approximate surface area is 157 Å². The lowest BCUT2D eigenvalue weighted by Gasteiger charge is -2.25. The lowest BCUT2D eigenvalue weighted by molar-refractivity contribution is 0.0645. The normalized spacial score (nSPS) is 16.4. The van der Waals surface area contributed by atoms with Crippen molar-refractivity contribution in [3.8, 4) is 16.9 Å². The van der Waals surface area contributed by atoms with Gasteiger partial charge in [-0.2, -0.15) is 5.10 Å². The summed E-state index contributed by atoms with van der Waals surface area (Å²) in [6.45, 7) is 2.80. The van der Waals surface area contributed by atoms with Crippen LogP contribution in [0.5, 0.6) is 5.75 Å². The molecule has 2 aromatic carbocycles. The van der Waals surface area contributed by atoms with Crippen molar-refractivity contribution >= 4 is 5.91 Å². The Morgan fingerprint density at radius 3 is 2.78 bits per heavy atom. The molecule has 0 bridgehead atoms. The number of aryl methyl sites for hydroxylation is 1. The summed E-state index contributed by atoms with van der Waals surface area (Å²) in [6, 6.07) is 12.2. The zero-order valence-electron chi connectivity index (χ0n) is 15.2. The van der Waals surface area contributed by atoms with Crippen LogP contribution in [0, 0.1) is 5.82 Å². The molecule has 1 aliphatic rings. The number of halogens is 1. The van der Waals surface area contributed by atoms with Crippen LogP contribution in [0.1, 0.15) is 22.8 Å². The average molecular weight is 365 g/mol. The molecule has 5 nitrogen and oxygen atoms in total. The second kappa shape index (κ2) is 6.87. The molecule has 0 N–H and O–H groups in total. The fourth-order valence-electron chi connectivity index (χ4n) is 3.30. The number of rotatable bonds is 2. The molecule has 6 heteroatoms. The van der Waals surface area contributed by atoms with Gasteiger partial charge in [0.1, 0.15) is 18.2 Å². The Hall–Kier alpha value is -3.15. The molecular weight excluding hydrogens is 345 g/mol. The van der Waals surface area contributed by atoms with Crippen LogP contribution in [0.4, 0.5) is 4.39 Å². The number of hydrogen-bond acceptors (Lipinski definition) is 3. The summed E-state index contributed by atoms with van der Waals surface area (Å²) < 4.78 is 21.1. The maximum atomic E-state index is 13.6. The number of aromatic nitrogens is 2. The molecular formula is C21H20FN3O2. The van der Waals surface area contributed by atoms with Gasteiger partial charge in [-0.3, -0.25) is 9.48 Å². The number of nitrogens with zero attached hydrogens (tertiary/aromatic N) is 3. The van der Waals surface area contributed by atoms with Crippen LogP contribution in [0.25, 0.3) is 11.1 Å². The van der Waals surface area contributed by atoms with E-state index < -0.39 is 0 Å². The number of fused-ring (bicyclic) bond motifs is 1. The van der Waals surface area contributed by atoms with Crippen LogP contribution >= 0.6 is 0 Å². The molecule has 138 valence electrons. The molecule has 3 aromatic rings. The van der Waals surface area contributed by atoms with Gasteiger partial charge >= 0.3 is 0 Å². The molecule has 0 saturated carbocycles. The van der Waals surface area contributed by atoms with E-state index in [1.165, 1.54) is 12.1 Å². The van der Waals surface area contributed by atoms with E-state index in [4.69, 9.17) is 4.74 Å². The second-order valence-corrected chi connectivity index (χ2v) is 6.83. The van der Waals surface area contributed by atoms with Crippen molar-refractivity contribution in [2.24, 2.45) is 7.05 Å². The van der Waals surface area contributed by atoms with Crippen LogP contribution in [0.15, 0.2) is 54.9 Å². The highest BCUT2D eigenvalue weighted by molar-refractivity contribution is 5.94. The number of carbonyl (C=O) groups is 1. The first-order valence-corrected chi connectivity index (χ1v) is 8.82. The highest BCUT2D eigenvalue weighted by atomic mass is 19.1. The van der Waals surface area contributed by atoms with E-state index in [-0.39, 0.29) is 17.8 Å². The fourth-order valence-corrected chi connectivity index (χ4v) is 3.30. The summed E-state index contributed by atoms with van der Waals surface area (Å²) in [6.07, 6.45) is 3.29. The smallest absolute Gasteiger partial charge is 0.257 e. The van der Waals surface area contributed by atoms with Crippen molar-refractivity contribution in [2.75, 3.05) is 6.61 Å². The average Bonchev–Trinajstić information content (AvgIpc) is 3.02. The summed E-state index contributed by atoms with van der Waals surface area (Å²) >= 11 is 0. The molecule has 1 aromatic heterocycles. The van der Waals surface area contributed by atoms with E-state index in [2.05, 4.69) is 5.10 Å². The van der Waals surface area contributed by atoms with Crippen molar-refractivity contribution in [2.45, 2.75) is 19.5 Å². The number of benzene rings is 2. The van der Waals surface area contributed by atoms with E-state index in [0.717, 1.165) is 22.4 Å². The lowest BCUT2D eigenvalue weighted by atomic mass is 10.0. The third-order valence-electron chi connectivity index (χ3n) is 4.78. The molecule has 0 unspecified atom stereocenters. The monoisotopic (exact) mass is 365 g/mol. The molecule has 2 heterocycles. The maximum Gasteiger partial charge on any atom is 0.257 e. The lowest BCUT2D eigenvalue weighted by Crippen LogP contribution is -2.39. The number of hydrogen-bond donors (Lipinski definition) is 0. The Bertz CT molecular complexity index is 999. The van der Waals surface area contributed by atoms with Gasteiger partial charge in [0.25, 0.3) is 5.91 Å². The summed E-state index contributed by atoms with van der Waals surface area (Å²) in [5.74, 6) is 0.396. The molecule has 1 amide bonds. The summed E-state index contributed by atoms with van der Waals surface area (Å²) in [5.41, 5.74) is 3.13. The first-order valence-electron chi connectivity index (χ1n) is 8.82. The fraction of sp³-hybridized carbons (Fsp3) is 0.238. The molecule has 1 aliphatic heterocycles. The SMILES string of the molecule is C[C@H]1COc2ccc(-c3cccc(F)c3)cc2CN1C(=O)c1cnn(C)c1. The Kier molecular flexibility index (Phi) is 4.39. The molecule has 0 radical (unpaired) electrons. The van der Waals surface area contributed by atoms with Gasteiger partial charge in [-0.25, -0.2) is 4.39 Å². The summed E-state index contributed by atoms with van der Waals surface area (Å²) in [7, 11) is 1.78. The van der Waals surface area contributed by atoms with Crippen molar-refractivity contribution in [1.82, 2.24) is 14.7 Å². The first-order chi connectivity index (χ1) is 13.0. The largest absolute Gasteiger partial charge is 0.491 e. The first kappa shape index (κ1) is 17.3. The zero-order chi connectivity index (χ0) is 19.0. The van der Waals surface area contributed by atoms with Crippen LogP contribution in [0.2, 0.25) is 0 Å². The van der Waals surface area contributed by atoms with E-state index in [1.807, 2.05) is 31.2 Å². The van der Waals surface area contributed by atoms with Crippen LogP contribution in [0.3, 0.4) is 0 Å². The second-order valence-electron chi connectivity index (χ2n) is 6.83. The predicted molar refractivity (Wildman–Crippen MR) is 99.9 cm³/mol. The Balaban J connectivity index is 1.68. The van der Waals surface area contributed by atoms with Gasteiger partial charge in [0.05, 0.1) is 24.3 Å². The quantitative estimate of drug-likeness (QED) is 0.696. The third kappa shape index (κ3) is 3.43. The van der Waals surface area contributed by atoms with Gasteiger partial charge in [-0.15, -0.1) is 0 Å². The molecule has 4 rings (SSSR count). The molecule has 0 aliphatic carbocycles. The van der Waals surface area contributed by atoms with Gasteiger partial charge in [-0.1, -0.05) is 18.2 Å². The summed E-state index contributed by atoms with van der Waals surface area (Å²) in [4.78, 5) is 14.7. The van der Waals surface area contributed by atoms with Gasteiger partial charge in [-0.05, 0) is 42.3 Å². The van der Waals surface area contributed by atoms with Gasteiger partial charge in [0.2, 0.25) is 0 Å². The number of amides is 1. The topological polar surface area (TPSA) is 47.4 Å². The maximum absolute atomic E-state index is 13.6. The molecule has 0 fully saturated rings. The molecule has 0 saturated heterocycles. The van der Waals surface area contributed by atoms with Crippen molar-refractivity contribution < 1.29 is 13.9 Å². The molecule has 1 atom stereocenters. The predicted octanol–water partition coefficient (Wildman–Crippen LogP) is 3.65. The summed E-state index contributed by atoms with van der Waals surface area (Å²) in [5, 5.41) is 4.09. The van der Waals surface area contributed by atoms with E-state index in [1.54, 1.807) is 35.1 Å². The van der Waals surface area contributed by atoms with Gasteiger partial charge in [0.15, 0.2) is 0 Å². The minimum absolute atomic E-state index is 0.0804. The minimum Gasteiger partial charge on any atom is -0.491 e. The third-order valence-corrected chi connectivity index (χ3v) is 4.78. The number of ether oxygens (including phenoxy) is 1. The molecule has 0 spiro atoms. The van der Waals surface area contributed by atoms with E-state index >= 15 is 0 Å². The van der Waals surface area contributed by atoms with Gasteiger partial charge < -0.3 is 9.64 Å². The van der Waals surface area contributed by atoms with E-state index in [9.17, 15) is 9.18 Å². The van der Waals surface area contributed by atoms with Crippen LogP contribution in [-0.2, 0) is 13.6 Å². The molecule has 27 heavy (non-hydrogen) atoms. The van der Waals surface area contributed by atoms with Gasteiger partial charge in [0, 0.05) is 18.8 Å². The van der Waals surface area contributed by atoms with Crippen LogP contribution < -0.4 is 4.74 Å². The van der Waals surface area contributed by atoms with E-state index in [0.29, 0.717) is 18.7 Å². The highest BCUT2D eigenvalue weighted by Crippen LogP contribution is 2.31. The number of carbonyl (C=O) groups excluding carboxylic acids is 1. The Morgan fingerprint density at radius 2 is 2.04 bits per heavy atom. The van der Waals surface area contributed by atoms with Crippen molar-refractivity contribution in [3.05, 3.63) is 71.8 Å².